The Morgan fingerprint density at radius 3 is 3.10 bits per heavy atom. The summed E-state index contributed by atoms with van der Waals surface area (Å²) in [7, 11) is 0. The van der Waals surface area contributed by atoms with Crippen LogP contribution in [-0.2, 0) is 13.0 Å². The molecule has 1 aliphatic carbocycles. The smallest absolute Gasteiger partial charge is 0.163 e. The van der Waals surface area contributed by atoms with Gasteiger partial charge in [-0.15, -0.1) is 0 Å². The van der Waals surface area contributed by atoms with Crippen molar-refractivity contribution < 1.29 is 8.78 Å². The Morgan fingerprint density at radius 2 is 2.19 bits per heavy atom. The van der Waals surface area contributed by atoms with Gasteiger partial charge in [0.15, 0.2) is 11.6 Å². The van der Waals surface area contributed by atoms with Crippen LogP contribution >= 0.6 is 0 Å². The summed E-state index contributed by atoms with van der Waals surface area (Å²) in [6.07, 6.45) is 4.13. The van der Waals surface area contributed by atoms with Crippen molar-refractivity contribution in [2.24, 2.45) is 5.92 Å². The van der Waals surface area contributed by atoms with Crippen molar-refractivity contribution in [2.45, 2.75) is 25.3 Å². The third-order valence-electron chi connectivity index (χ3n) is 4.85. The Kier molecular flexibility index (Phi) is 3.03. The van der Waals surface area contributed by atoms with Crippen LogP contribution in [0.15, 0.2) is 24.4 Å². The standard InChI is InChI=1S/C16H17F2N3/c17-14-3-1-2-12(15(14)18)8-21-7-11-5-4-10-6-19-20-16(10)13(11)9-21/h1-3,6,11,13H,4-5,7-9H2,(H,19,20)/t11-,13+/m1/s1. The normalized spacial score (nSPS) is 24.9. The monoisotopic (exact) mass is 289 g/mol. The maximum atomic E-state index is 13.8. The first-order valence-corrected chi connectivity index (χ1v) is 7.40. The third kappa shape index (κ3) is 2.16. The molecule has 2 aromatic rings. The number of likely N-dealkylation sites (tertiary alicyclic amines) is 1. The lowest BCUT2D eigenvalue weighted by Gasteiger charge is -2.23. The van der Waals surface area contributed by atoms with Crippen LogP contribution in [0.25, 0.3) is 0 Å². The SMILES string of the molecule is Fc1cccc(CN2C[C@H]3CCc4cn[nH]c4[C@H]3C2)c1F. The summed E-state index contributed by atoms with van der Waals surface area (Å²) in [6, 6.07) is 4.41. The first kappa shape index (κ1) is 13.0. The lowest BCUT2D eigenvalue weighted by atomic mass is 9.81. The van der Waals surface area contributed by atoms with E-state index in [-0.39, 0.29) is 0 Å². The third-order valence-corrected chi connectivity index (χ3v) is 4.85. The number of nitrogens with one attached hydrogen (secondary N) is 1. The molecule has 5 heteroatoms. The second-order valence-corrected chi connectivity index (χ2v) is 6.12. The number of aromatic amines is 1. The van der Waals surface area contributed by atoms with Crippen LogP contribution in [0.4, 0.5) is 8.78 Å². The molecule has 3 nitrogen and oxygen atoms in total. The molecule has 1 aromatic heterocycles. The predicted octanol–water partition coefficient (Wildman–Crippen LogP) is 2.85. The van der Waals surface area contributed by atoms with Crippen molar-refractivity contribution in [3.8, 4) is 0 Å². The van der Waals surface area contributed by atoms with Crippen molar-refractivity contribution >= 4 is 0 Å². The van der Waals surface area contributed by atoms with E-state index < -0.39 is 11.6 Å². The summed E-state index contributed by atoms with van der Waals surface area (Å²) in [5, 5.41) is 7.27. The second kappa shape index (κ2) is 4.91. The van der Waals surface area contributed by atoms with Crippen LogP contribution in [0, 0.1) is 17.6 Å². The molecular weight excluding hydrogens is 272 g/mol. The van der Waals surface area contributed by atoms with Gasteiger partial charge in [-0.1, -0.05) is 12.1 Å². The molecule has 0 saturated carbocycles. The molecule has 1 fully saturated rings. The van der Waals surface area contributed by atoms with Crippen LogP contribution in [0.3, 0.4) is 0 Å². The van der Waals surface area contributed by atoms with E-state index in [1.54, 1.807) is 12.1 Å². The minimum atomic E-state index is -0.764. The summed E-state index contributed by atoms with van der Waals surface area (Å²) in [4.78, 5) is 2.23. The average molecular weight is 289 g/mol. The Hall–Kier alpha value is -1.75. The van der Waals surface area contributed by atoms with Gasteiger partial charge in [-0.05, 0) is 30.4 Å². The molecule has 4 rings (SSSR count). The quantitative estimate of drug-likeness (QED) is 0.922. The van der Waals surface area contributed by atoms with E-state index in [9.17, 15) is 8.78 Å². The molecule has 0 unspecified atom stereocenters. The van der Waals surface area contributed by atoms with Gasteiger partial charge in [0.2, 0.25) is 0 Å². The van der Waals surface area contributed by atoms with E-state index in [0.717, 1.165) is 25.9 Å². The first-order chi connectivity index (χ1) is 10.2. The number of aromatic nitrogens is 2. The average Bonchev–Trinajstić information content (AvgIpc) is 3.08. The van der Waals surface area contributed by atoms with Crippen molar-refractivity contribution in [3.63, 3.8) is 0 Å². The van der Waals surface area contributed by atoms with Gasteiger partial charge in [-0.25, -0.2) is 8.78 Å². The fourth-order valence-corrected chi connectivity index (χ4v) is 3.80. The van der Waals surface area contributed by atoms with E-state index in [1.807, 2.05) is 6.20 Å². The van der Waals surface area contributed by atoms with Crippen molar-refractivity contribution in [3.05, 3.63) is 52.9 Å². The molecule has 0 amide bonds. The summed E-state index contributed by atoms with van der Waals surface area (Å²) < 4.78 is 27.1. The van der Waals surface area contributed by atoms with E-state index in [0.29, 0.717) is 23.9 Å². The molecule has 0 bridgehead atoms. The van der Waals surface area contributed by atoms with Gasteiger partial charge in [-0.2, -0.15) is 5.10 Å². The molecule has 0 spiro atoms. The Bertz CT molecular complexity index is 667. The topological polar surface area (TPSA) is 31.9 Å². The molecule has 1 aromatic carbocycles. The summed E-state index contributed by atoms with van der Waals surface area (Å²) >= 11 is 0. The van der Waals surface area contributed by atoms with Crippen LogP contribution in [0.5, 0.6) is 0 Å². The van der Waals surface area contributed by atoms with Crippen LogP contribution in [-0.4, -0.2) is 28.2 Å². The number of fused-ring (bicyclic) bond motifs is 3. The highest BCUT2D eigenvalue weighted by Crippen LogP contribution is 2.40. The fourth-order valence-electron chi connectivity index (χ4n) is 3.80. The Balaban J connectivity index is 1.54. The van der Waals surface area contributed by atoms with E-state index in [4.69, 9.17) is 0 Å². The second-order valence-electron chi connectivity index (χ2n) is 6.12. The highest BCUT2D eigenvalue weighted by molar-refractivity contribution is 5.27. The number of aryl methyl sites for hydroxylation is 1. The lowest BCUT2D eigenvalue weighted by molar-refractivity contribution is 0.306. The van der Waals surface area contributed by atoms with Gasteiger partial charge in [0, 0.05) is 36.8 Å². The summed E-state index contributed by atoms with van der Waals surface area (Å²) in [5.74, 6) is -0.433. The zero-order chi connectivity index (χ0) is 14.4. The first-order valence-electron chi connectivity index (χ1n) is 7.40. The molecule has 2 aliphatic rings. The van der Waals surface area contributed by atoms with Gasteiger partial charge in [-0.3, -0.25) is 10.00 Å². The predicted molar refractivity (Wildman–Crippen MR) is 74.8 cm³/mol. The number of hydrogen-bond donors (Lipinski definition) is 1. The number of hydrogen-bond acceptors (Lipinski definition) is 2. The molecule has 1 aliphatic heterocycles. The van der Waals surface area contributed by atoms with E-state index >= 15 is 0 Å². The van der Waals surface area contributed by atoms with Gasteiger partial charge in [0.05, 0.1) is 6.20 Å². The fraction of sp³-hybridized carbons (Fsp3) is 0.438. The molecule has 1 N–H and O–H groups in total. The van der Waals surface area contributed by atoms with Gasteiger partial charge >= 0.3 is 0 Å². The number of nitrogens with zero attached hydrogens (tertiary/aromatic N) is 2. The van der Waals surface area contributed by atoms with Gasteiger partial charge < -0.3 is 0 Å². The van der Waals surface area contributed by atoms with Gasteiger partial charge in [0.25, 0.3) is 0 Å². The van der Waals surface area contributed by atoms with Crippen molar-refractivity contribution in [2.75, 3.05) is 13.1 Å². The number of halogens is 2. The van der Waals surface area contributed by atoms with Gasteiger partial charge in [0.1, 0.15) is 0 Å². The molecule has 110 valence electrons. The Morgan fingerprint density at radius 1 is 1.29 bits per heavy atom. The zero-order valence-corrected chi connectivity index (χ0v) is 11.6. The van der Waals surface area contributed by atoms with Crippen LogP contribution in [0.2, 0.25) is 0 Å². The lowest BCUT2D eigenvalue weighted by Crippen LogP contribution is -2.21. The molecule has 2 atom stereocenters. The zero-order valence-electron chi connectivity index (χ0n) is 11.6. The minimum absolute atomic E-state index is 0.443. The molecule has 21 heavy (non-hydrogen) atoms. The summed E-state index contributed by atoms with van der Waals surface area (Å²) in [6.45, 7) is 2.30. The van der Waals surface area contributed by atoms with Crippen molar-refractivity contribution in [1.82, 2.24) is 15.1 Å². The number of H-pyrrole nitrogens is 1. The molecule has 1 saturated heterocycles. The summed E-state index contributed by atoms with van der Waals surface area (Å²) in [5.41, 5.74) is 3.00. The maximum absolute atomic E-state index is 13.8. The number of benzene rings is 1. The Labute approximate surface area is 122 Å². The van der Waals surface area contributed by atoms with E-state index in [1.165, 1.54) is 17.3 Å². The highest BCUT2D eigenvalue weighted by Gasteiger charge is 2.38. The molecular formula is C16H17F2N3. The largest absolute Gasteiger partial charge is 0.298 e. The molecule has 0 radical (unpaired) electrons. The van der Waals surface area contributed by atoms with Crippen LogP contribution in [0.1, 0.15) is 29.2 Å². The van der Waals surface area contributed by atoms with E-state index in [2.05, 4.69) is 15.1 Å². The number of rotatable bonds is 2. The minimum Gasteiger partial charge on any atom is -0.298 e. The molecule has 2 heterocycles. The highest BCUT2D eigenvalue weighted by atomic mass is 19.2. The van der Waals surface area contributed by atoms with Crippen LogP contribution < -0.4 is 0 Å². The van der Waals surface area contributed by atoms with Crippen molar-refractivity contribution in [1.29, 1.82) is 0 Å². The maximum Gasteiger partial charge on any atom is 0.163 e.